The lowest BCUT2D eigenvalue weighted by Crippen LogP contribution is -2.03. The van der Waals surface area contributed by atoms with Crippen molar-refractivity contribution in [3.8, 4) is 0 Å². The van der Waals surface area contributed by atoms with E-state index in [9.17, 15) is 0 Å². The molecule has 0 saturated carbocycles. The maximum absolute atomic E-state index is 3.76. The Morgan fingerprint density at radius 2 is 2.00 bits per heavy atom. The summed E-state index contributed by atoms with van der Waals surface area (Å²) < 4.78 is 0. The molecule has 54 valence electrons. The van der Waals surface area contributed by atoms with Crippen molar-refractivity contribution in [1.82, 2.24) is 0 Å². The predicted molar refractivity (Wildman–Crippen MR) is 43.4 cm³/mol. The fourth-order valence-corrected chi connectivity index (χ4v) is 0.951. The van der Waals surface area contributed by atoms with Gasteiger partial charge in [0, 0.05) is 0 Å². The largest absolute Gasteiger partial charge is 0.103 e. The number of hydrogen-bond donors (Lipinski definition) is 0. The van der Waals surface area contributed by atoms with E-state index in [-0.39, 0.29) is 0 Å². The summed E-state index contributed by atoms with van der Waals surface area (Å²) in [5, 5.41) is 0. The van der Waals surface area contributed by atoms with E-state index in [1.165, 1.54) is 12.8 Å². The third kappa shape index (κ3) is 3.34. The predicted octanol–water partition coefficient (Wildman–Crippen LogP) is 3.24. The first-order valence-corrected chi connectivity index (χ1v) is 3.84. The van der Waals surface area contributed by atoms with Gasteiger partial charge in [-0.1, -0.05) is 39.7 Å². The Labute approximate surface area is 59.0 Å². The highest BCUT2D eigenvalue weighted by Crippen LogP contribution is 2.16. The van der Waals surface area contributed by atoms with E-state index >= 15 is 0 Å². The molecule has 0 aliphatic rings. The average Bonchev–Trinajstić information content (AvgIpc) is 1.87. The first-order chi connectivity index (χ1) is 4.22. The molecule has 0 spiro atoms. The minimum atomic E-state index is 0.685. The highest BCUT2D eigenvalue weighted by Gasteiger charge is 2.05. The second-order valence-electron chi connectivity index (χ2n) is 2.86. The Balaban J connectivity index is 3.44. The fourth-order valence-electron chi connectivity index (χ4n) is 0.951. The molecule has 0 heterocycles. The molecule has 0 radical (unpaired) electrons. The van der Waals surface area contributed by atoms with Crippen LogP contribution in [-0.2, 0) is 0 Å². The first-order valence-electron chi connectivity index (χ1n) is 3.84. The van der Waals surface area contributed by atoms with E-state index in [0.29, 0.717) is 5.92 Å². The molecule has 0 aromatic rings. The van der Waals surface area contributed by atoms with Crippen LogP contribution in [0.25, 0.3) is 0 Å². The zero-order valence-electron chi connectivity index (χ0n) is 6.85. The van der Waals surface area contributed by atoms with Crippen LogP contribution in [-0.4, -0.2) is 0 Å². The molecule has 0 rings (SSSR count). The monoisotopic (exact) mass is 126 g/mol. The Hall–Kier alpha value is -0.260. The smallest absolute Gasteiger partial charge is 0.0239 e. The minimum absolute atomic E-state index is 0.685. The minimum Gasteiger partial charge on any atom is -0.103 e. The fraction of sp³-hybridized carbons (Fsp3) is 0.778. The molecule has 0 N–H and O–H groups in total. The number of allylic oxidation sites excluding steroid dienone is 1. The van der Waals surface area contributed by atoms with Crippen molar-refractivity contribution in [1.29, 1.82) is 0 Å². The highest BCUT2D eigenvalue weighted by atomic mass is 14.1. The second kappa shape index (κ2) is 4.60. The van der Waals surface area contributed by atoms with Gasteiger partial charge in [-0.3, -0.25) is 0 Å². The van der Waals surface area contributed by atoms with Gasteiger partial charge in [0.05, 0.1) is 0 Å². The summed E-state index contributed by atoms with van der Waals surface area (Å²) in [4.78, 5) is 0. The Morgan fingerprint density at radius 1 is 1.44 bits per heavy atom. The van der Waals surface area contributed by atoms with Gasteiger partial charge in [0.2, 0.25) is 0 Å². The lowest BCUT2D eigenvalue weighted by atomic mass is 9.92. The van der Waals surface area contributed by atoms with Gasteiger partial charge in [-0.25, -0.2) is 0 Å². The van der Waals surface area contributed by atoms with Crippen molar-refractivity contribution >= 4 is 0 Å². The Morgan fingerprint density at radius 3 is 2.33 bits per heavy atom. The van der Waals surface area contributed by atoms with Crippen LogP contribution in [0.5, 0.6) is 0 Å². The van der Waals surface area contributed by atoms with E-state index in [1.807, 2.05) is 6.08 Å². The lowest BCUT2D eigenvalue weighted by molar-refractivity contribution is 0.424. The van der Waals surface area contributed by atoms with Crippen molar-refractivity contribution < 1.29 is 0 Å². The maximum Gasteiger partial charge on any atom is -0.0239 e. The van der Waals surface area contributed by atoms with E-state index in [4.69, 9.17) is 0 Å². The van der Waals surface area contributed by atoms with Gasteiger partial charge in [0.15, 0.2) is 0 Å². The third-order valence-electron chi connectivity index (χ3n) is 2.01. The molecule has 0 saturated heterocycles. The molecule has 0 heteroatoms. The van der Waals surface area contributed by atoms with E-state index < -0.39 is 0 Å². The third-order valence-corrected chi connectivity index (χ3v) is 2.01. The van der Waals surface area contributed by atoms with Crippen molar-refractivity contribution in [2.75, 3.05) is 0 Å². The van der Waals surface area contributed by atoms with Crippen LogP contribution in [0.3, 0.4) is 0 Å². The van der Waals surface area contributed by atoms with Crippen LogP contribution in [0, 0.1) is 11.8 Å². The molecule has 2 unspecified atom stereocenters. The van der Waals surface area contributed by atoms with Crippen LogP contribution in [0.15, 0.2) is 12.7 Å². The van der Waals surface area contributed by atoms with Gasteiger partial charge in [0.1, 0.15) is 0 Å². The first kappa shape index (κ1) is 8.74. The van der Waals surface area contributed by atoms with Crippen molar-refractivity contribution in [3.05, 3.63) is 12.7 Å². The molecule has 0 aromatic heterocycles. The van der Waals surface area contributed by atoms with E-state index in [0.717, 1.165) is 5.92 Å². The van der Waals surface area contributed by atoms with Gasteiger partial charge >= 0.3 is 0 Å². The van der Waals surface area contributed by atoms with Gasteiger partial charge < -0.3 is 0 Å². The highest BCUT2D eigenvalue weighted by molar-refractivity contribution is 4.78. The topological polar surface area (TPSA) is 0 Å². The molecule has 0 amide bonds. The molecule has 9 heavy (non-hydrogen) atoms. The zero-order valence-corrected chi connectivity index (χ0v) is 6.85. The summed E-state index contributed by atoms with van der Waals surface area (Å²) in [6, 6.07) is 0. The van der Waals surface area contributed by atoms with Crippen LogP contribution in [0.4, 0.5) is 0 Å². The van der Waals surface area contributed by atoms with Crippen LogP contribution in [0.2, 0.25) is 0 Å². The summed E-state index contributed by atoms with van der Waals surface area (Å²) >= 11 is 0. The molecule has 0 fully saturated rings. The summed E-state index contributed by atoms with van der Waals surface area (Å²) in [6.07, 6.45) is 4.66. The summed E-state index contributed by atoms with van der Waals surface area (Å²) in [5.74, 6) is 1.50. The average molecular weight is 126 g/mol. The van der Waals surface area contributed by atoms with Gasteiger partial charge in [-0.15, -0.1) is 6.58 Å². The van der Waals surface area contributed by atoms with Crippen LogP contribution < -0.4 is 0 Å². The summed E-state index contributed by atoms with van der Waals surface area (Å²) in [6.45, 7) is 10.5. The molecule has 0 aliphatic carbocycles. The summed E-state index contributed by atoms with van der Waals surface area (Å²) in [7, 11) is 0. The Kier molecular flexibility index (Phi) is 4.47. The van der Waals surface area contributed by atoms with Crippen molar-refractivity contribution in [2.45, 2.75) is 33.6 Å². The van der Waals surface area contributed by atoms with E-state index in [1.54, 1.807) is 0 Å². The number of hydrogen-bond acceptors (Lipinski definition) is 0. The zero-order chi connectivity index (χ0) is 7.28. The van der Waals surface area contributed by atoms with E-state index in [2.05, 4.69) is 27.4 Å². The van der Waals surface area contributed by atoms with Crippen molar-refractivity contribution in [2.24, 2.45) is 11.8 Å². The van der Waals surface area contributed by atoms with Crippen molar-refractivity contribution in [3.63, 3.8) is 0 Å². The maximum atomic E-state index is 3.76. The Bertz CT molecular complexity index is 74.1. The van der Waals surface area contributed by atoms with Crippen LogP contribution in [0.1, 0.15) is 33.6 Å². The molecule has 0 nitrogen and oxygen atoms in total. The molecule has 2 atom stereocenters. The van der Waals surface area contributed by atoms with Gasteiger partial charge in [0.25, 0.3) is 0 Å². The summed E-state index contributed by atoms with van der Waals surface area (Å²) in [5.41, 5.74) is 0. The second-order valence-corrected chi connectivity index (χ2v) is 2.86. The number of rotatable bonds is 4. The normalized spacial score (nSPS) is 16.8. The molecule has 0 bridgehead atoms. The SMILES string of the molecule is C=CC(C)C(C)CCC. The van der Waals surface area contributed by atoms with Crippen LogP contribution >= 0.6 is 0 Å². The standard InChI is InChI=1S/C9H18/c1-5-7-9(4)8(3)6-2/h6,8-9H,2,5,7H2,1,3-4H3. The quantitative estimate of drug-likeness (QED) is 0.507. The molecule has 0 aliphatic heterocycles. The molecular weight excluding hydrogens is 108 g/mol. The van der Waals surface area contributed by atoms with Gasteiger partial charge in [-0.2, -0.15) is 0 Å². The van der Waals surface area contributed by atoms with Gasteiger partial charge in [-0.05, 0) is 11.8 Å². The lowest BCUT2D eigenvalue weighted by Gasteiger charge is -2.13. The molecular formula is C9H18. The molecule has 0 aromatic carbocycles.